The summed E-state index contributed by atoms with van der Waals surface area (Å²) in [6, 6.07) is 6.31. The maximum absolute atomic E-state index is 10.9. The van der Waals surface area contributed by atoms with Crippen LogP contribution in [0.25, 0.3) is 0 Å². The minimum atomic E-state index is -0.492. The van der Waals surface area contributed by atoms with E-state index in [2.05, 4.69) is 10.3 Å². The number of nitrogens with two attached hydrogens (primary N) is 1. The second-order valence-corrected chi connectivity index (χ2v) is 4.19. The molecule has 3 N–H and O–H groups in total. The average Bonchev–Trinajstić information content (AvgIpc) is 2.81. The number of nitrogens with zero attached hydrogens (tertiary/aromatic N) is 2. The molecule has 0 saturated carbocycles. The molecular weight excluding hydrogens is 248 g/mol. The summed E-state index contributed by atoms with van der Waals surface area (Å²) in [7, 11) is 0. The van der Waals surface area contributed by atoms with E-state index in [0.717, 1.165) is 5.76 Å². The number of hydrogen-bond donors (Lipinski definition) is 2. The predicted octanol–water partition coefficient (Wildman–Crippen LogP) is 2.21. The molecular formula is C12H14N4O3. The van der Waals surface area contributed by atoms with Gasteiger partial charge in [0.1, 0.15) is 11.6 Å². The second kappa shape index (κ2) is 5.38. The first-order chi connectivity index (χ1) is 9.06. The SMILES string of the molecule is CC(Cc1ccco1)Nc1nc(N)ccc1[N+](=O)[O-]. The van der Waals surface area contributed by atoms with Crippen LogP contribution < -0.4 is 11.1 Å². The highest BCUT2D eigenvalue weighted by Crippen LogP contribution is 2.24. The lowest BCUT2D eigenvalue weighted by atomic mass is 10.2. The van der Waals surface area contributed by atoms with Gasteiger partial charge in [0.05, 0.1) is 11.2 Å². The van der Waals surface area contributed by atoms with E-state index in [9.17, 15) is 10.1 Å². The van der Waals surface area contributed by atoms with Crippen LogP contribution in [-0.2, 0) is 6.42 Å². The molecule has 0 aliphatic carbocycles. The van der Waals surface area contributed by atoms with Gasteiger partial charge in [-0.2, -0.15) is 0 Å². The van der Waals surface area contributed by atoms with Crippen molar-refractivity contribution in [2.75, 3.05) is 11.1 Å². The van der Waals surface area contributed by atoms with E-state index in [0.29, 0.717) is 6.42 Å². The van der Waals surface area contributed by atoms with Crippen molar-refractivity contribution in [3.63, 3.8) is 0 Å². The Hall–Kier alpha value is -2.57. The molecule has 0 spiro atoms. The predicted molar refractivity (Wildman–Crippen MR) is 70.8 cm³/mol. The molecule has 0 aliphatic rings. The average molecular weight is 262 g/mol. The third kappa shape index (κ3) is 3.21. The molecule has 2 aromatic rings. The molecule has 0 aliphatic heterocycles. The number of anilines is 2. The van der Waals surface area contributed by atoms with Gasteiger partial charge in [-0.3, -0.25) is 10.1 Å². The molecule has 0 saturated heterocycles. The van der Waals surface area contributed by atoms with Crippen LogP contribution in [0.2, 0.25) is 0 Å². The van der Waals surface area contributed by atoms with Gasteiger partial charge < -0.3 is 15.5 Å². The number of nitrogen functional groups attached to an aromatic ring is 1. The van der Waals surface area contributed by atoms with Crippen LogP contribution in [0.1, 0.15) is 12.7 Å². The third-order valence-corrected chi connectivity index (χ3v) is 2.56. The van der Waals surface area contributed by atoms with Gasteiger partial charge in [0.2, 0.25) is 5.82 Å². The quantitative estimate of drug-likeness (QED) is 0.631. The molecule has 0 bridgehead atoms. The van der Waals surface area contributed by atoms with Crippen LogP contribution >= 0.6 is 0 Å². The standard InChI is InChI=1S/C12H14N4O3/c1-8(7-9-3-2-6-19-9)14-12-10(16(17)18)4-5-11(13)15-12/h2-6,8H,7H2,1H3,(H3,13,14,15). The van der Waals surface area contributed by atoms with E-state index in [1.807, 2.05) is 13.0 Å². The summed E-state index contributed by atoms with van der Waals surface area (Å²) < 4.78 is 5.22. The second-order valence-electron chi connectivity index (χ2n) is 4.19. The molecule has 0 amide bonds. The van der Waals surface area contributed by atoms with Gasteiger partial charge in [-0.1, -0.05) is 0 Å². The summed E-state index contributed by atoms with van der Waals surface area (Å²) in [6.07, 6.45) is 2.18. The first-order valence-corrected chi connectivity index (χ1v) is 5.76. The lowest BCUT2D eigenvalue weighted by molar-refractivity contribution is -0.384. The minimum Gasteiger partial charge on any atom is -0.469 e. The Balaban J connectivity index is 2.13. The van der Waals surface area contributed by atoms with Gasteiger partial charge >= 0.3 is 5.69 Å². The highest BCUT2D eigenvalue weighted by molar-refractivity contribution is 5.59. The van der Waals surface area contributed by atoms with Crippen molar-refractivity contribution in [2.24, 2.45) is 0 Å². The van der Waals surface area contributed by atoms with Gasteiger partial charge in [-0.15, -0.1) is 0 Å². The Morgan fingerprint density at radius 3 is 2.95 bits per heavy atom. The molecule has 0 radical (unpaired) electrons. The van der Waals surface area contributed by atoms with Crippen molar-refractivity contribution < 1.29 is 9.34 Å². The van der Waals surface area contributed by atoms with Crippen LogP contribution in [0, 0.1) is 10.1 Å². The highest BCUT2D eigenvalue weighted by Gasteiger charge is 2.17. The number of pyridine rings is 1. The zero-order chi connectivity index (χ0) is 13.8. The molecule has 7 nitrogen and oxygen atoms in total. The smallest absolute Gasteiger partial charge is 0.311 e. The molecule has 1 atom stereocenters. The number of furan rings is 1. The van der Waals surface area contributed by atoms with E-state index in [-0.39, 0.29) is 23.4 Å². The van der Waals surface area contributed by atoms with E-state index in [4.69, 9.17) is 10.2 Å². The largest absolute Gasteiger partial charge is 0.469 e. The first kappa shape index (κ1) is 12.9. The Bertz CT molecular complexity index is 568. The molecule has 19 heavy (non-hydrogen) atoms. The van der Waals surface area contributed by atoms with Crippen LogP contribution in [0.3, 0.4) is 0 Å². The fraction of sp³-hybridized carbons (Fsp3) is 0.250. The van der Waals surface area contributed by atoms with E-state index >= 15 is 0 Å². The van der Waals surface area contributed by atoms with Crippen molar-refractivity contribution in [1.82, 2.24) is 4.98 Å². The Morgan fingerprint density at radius 2 is 2.32 bits per heavy atom. The van der Waals surface area contributed by atoms with E-state index in [1.54, 1.807) is 12.3 Å². The van der Waals surface area contributed by atoms with Crippen molar-refractivity contribution in [2.45, 2.75) is 19.4 Å². The van der Waals surface area contributed by atoms with Crippen molar-refractivity contribution in [3.8, 4) is 0 Å². The Morgan fingerprint density at radius 1 is 1.53 bits per heavy atom. The van der Waals surface area contributed by atoms with Gasteiger partial charge in [-0.25, -0.2) is 4.98 Å². The number of hydrogen-bond acceptors (Lipinski definition) is 6. The van der Waals surface area contributed by atoms with Crippen LogP contribution in [-0.4, -0.2) is 15.9 Å². The molecule has 0 fully saturated rings. The lowest BCUT2D eigenvalue weighted by Gasteiger charge is -2.13. The van der Waals surface area contributed by atoms with Crippen molar-refractivity contribution in [3.05, 3.63) is 46.4 Å². The van der Waals surface area contributed by atoms with Crippen LogP contribution in [0.4, 0.5) is 17.3 Å². The number of rotatable bonds is 5. The maximum atomic E-state index is 10.9. The van der Waals surface area contributed by atoms with Crippen LogP contribution in [0.15, 0.2) is 34.9 Å². The summed E-state index contributed by atoms with van der Waals surface area (Å²) >= 11 is 0. The molecule has 1 unspecified atom stereocenters. The fourth-order valence-corrected chi connectivity index (χ4v) is 1.74. The molecule has 100 valence electrons. The summed E-state index contributed by atoms with van der Waals surface area (Å²) in [5.74, 6) is 1.20. The number of aromatic nitrogens is 1. The van der Waals surface area contributed by atoms with Gasteiger partial charge in [0.25, 0.3) is 0 Å². The van der Waals surface area contributed by atoms with E-state index in [1.165, 1.54) is 12.1 Å². The number of nitrogens with one attached hydrogen (secondary N) is 1. The Labute approximate surface area is 109 Å². The topological polar surface area (TPSA) is 107 Å². The molecule has 2 aromatic heterocycles. The van der Waals surface area contributed by atoms with Crippen molar-refractivity contribution in [1.29, 1.82) is 0 Å². The number of nitro groups is 1. The third-order valence-electron chi connectivity index (χ3n) is 2.56. The minimum absolute atomic E-state index is 0.0702. The zero-order valence-electron chi connectivity index (χ0n) is 10.4. The molecule has 7 heteroatoms. The molecule has 0 aromatic carbocycles. The van der Waals surface area contributed by atoms with Crippen LogP contribution in [0.5, 0.6) is 0 Å². The van der Waals surface area contributed by atoms with E-state index < -0.39 is 4.92 Å². The molecule has 2 rings (SSSR count). The summed E-state index contributed by atoms with van der Waals surface area (Å²) in [4.78, 5) is 14.4. The first-order valence-electron chi connectivity index (χ1n) is 5.76. The summed E-state index contributed by atoms with van der Waals surface area (Å²) in [6.45, 7) is 1.89. The maximum Gasteiger partial charge on any atom is 0.311 e. The lowest BCUT2D eigenvalue weighted by Crippen LogP contribution is -2.19. The zero-order valence-corrected chi connectivity index (χ0v) is 10.4. The van der Waals surface area contributed by atoms with Crippen molar-refractivity contribution >= 4 is 17.3 Å². The van der Waals surface area contributed by atoms with Gasteiger partial charge in [0.15, 0.2) is 0 Å². The monoisotopic (exact) mass is 262 g/mol. The van der Waals surface area contributed by atoms with Gasteiger partial charge in [-0.05, 0) is 25.1 Å². The summed E-state index contributed by atoms with van der Waals surface area (Å²) in [5, 5.41) is 13.9. The fourth-order valence-electron chi connectivity index (χ4n) is 1.74. The highest BCUT2D eigenvalue weighted by atomic mass is 16.6. The molecule has 2 heterocycles. The van der Waals surface area contributed by atoms with Gasteiger partial charge in [0, 0.05) is 18.5 Å². The normalized spacial score (nSPS) is 12.1. The Kier molecular flexibility index (Phi) is 3.65. The summed E-state index contributed by atoms with van der Waals surface area (Å²) in [5.41, 5.74) is 5.45.